The highest BCUT2D eigenvalue weighted by Gasteiger charge is 2.29. The third-order valence-electron chi connectivity index (χ3n) is 1.52. The maximum absolute atomic E-state index is 11.4. The van der Waals surface area contributed by atoms with Crippen LogP contribution >= 0.6 is 0 Å². The number of rotatable bonds is 7. The summed E-state index contributed by atoms with van der Waals surface area (Å²) < 4.78 is 16.9. The monoisotopic (exact) mass is 304 g/mol. The minimum absolute atomic E-state index is 0.142. The molecule has 0 aliphatic rings. The van der Waals surface area contributed by atoms with Crippen LogP contribution < -0.4 is 0 Å². The number of hydrogen-bond acceptors (Lipinski definition) is 4. The average Bonchev–Trinajstić information content (AvgIpc) is 2.08. The maximum Gasteiger partial charge on any atom is 0.378 e. The summed E-state index contributed by atoms with van der Waals surface area (Å²) in [4.78, 5) is 11.4. The van der Waals surface area contributed by atoms with Gasteiger partial charge in [0.25, 0.3) is 0 Å². The van der Waals surface area contributed by atoms with Crippen molar-refractivity contribution in [2.75, 3.05) is 0 Å². The van der Waals surface area contributed by atoms with E-state index in [2.05, 4.69) is 45.9 Å². The Labute approximate surface area is 115 Å². The molecule has 0 atom stereocenters. The summed E-state index contributed by atoms with van der Waals surface area (Å²) in [5.41, 5.74) is 0.391. The fourth-order valence-corrected chi connectivity index (χ4v) is 5.26. The summed E-state index contributed by atoms with van der Waals surface area (Å²) in [5, 5.41) is 0. The minimum atomic E-state index is -1.73. The fraction of sp³-hybridized carbons (Fsp3) is 0.727. The standard InChI is InChI=1S/C11H24O4Si3/c1-9(2)10(12)13-16-11(14-17(3,4)5)15-18(6,7)8/h11H,1H2,2-8H3. The van der Waals surface area contributed by atoms with Crippen LogP contribution in [0.25, 0.3) is 0 Å². The smallest absolute Gasteiger partial charge is 0.378 e. The summed E-state index contributed by atoms with van der Waals surface area (Å²) in [7, 11) is -3.60. The van der Waals surface area contributed by atoms with Crippen molar-refractivity contribution in [2.45, 2.75) is 52.1 Å². The lowest BCUT2D eigenvalue weighted by Gasteiger charge is -2.30. The lowest BCUT2D eigenvalue weighted by atomic mass is 10.4. The number of hydrogen-bond donors (Lipinski definition) is 0. The van der Waals surface area contributed by atoms with Crippen molar-refractivity contribution in [3.63, 3.8) is 0 Å². The van der Waals surface area contributed by atoms with Crippen molar-refractivity contribution in [1.82, 2.24) is 0 Å². The molecule has 4 nitrogen and oxygen atoms in total. The normalized spacial score (nSPS) is 12.7. The van der Waals surface area contributed by atoms with E-state index in [0.29, 0.717) is 5.57 Å². The van der Waals surface area contributed by atoms with Gasteiger partial charge in [-0.25, -0.2) is 4.79 Å². The summed E-state index contributed by atoms with van der Waals surface area (Å²) in [6.45, 7) is 17.7. The molecular weight excluding hydrogens is 280 g/mol. The Hall–Kier alpha value is -0.219. The molecule has 18 heavy (non-hydrogen) atoms. The summed E-state index contributed by atoms with van der Waals surface area (Å²) in [6, 6.07) is 0. The molecule has 0 heterocycles. The second kappa shape index (κ2) is 6.81. The predicted octanol–water partition coefficient (Wildman–Crippen LogP) is 2.71. The van der Waals surface area contributed by atoms with E-state index in [1.54, 1.807) is 6.92 Å². The molecule has 0 aromatic rings. The maximum atomic E-state index is 11.4. The first-order valence-electron chi connectivity index (χ1n) is 5.88. The molecule has 0 amide bonds. The molecule has 0 bridgehead atoms. The topological polar surface area (TPSA) is 44.8 Å². The van der Waals surface area contributed by atoms with Crippen LogP contribution in [0.2, 0.25) is 39.3 Å². The van der Waals surface area contributed by atoms with Crippen LogP contribution in [0.5, 0.6) is 0 Å². The van der Waals surface area contributed by atoms with Gasteiger partial charge in [0.2, 0.25) is 0 Å². The Morgan fingerprint density at radius 2 is 1.44 bits per heavy atom. The third-order valence-corrected chi connectivity index (χ3v) is 4.56. The summed E-state index contributed by atoms with van der Waals surface area (Å²) in [6.07, 6.45) is 0. The van der Waals surface area contributed by atoms with Gasteiger partial charge in [0.1, 0.15) is 0 Å². The Kier molecular flexibility index (Phi) is 6.72. The number of carbonyl (C=O) groups is 1. The molecule has 0 saturated carbocycles. The Morgan fingerprint density at radius 3 is 1.72 bits per heavy atom. The van der Waals surface area contributed by atoms with Crippen molar-refractivity contribution < 1.29 is 18.1 Å². The first-order chi connectivity index (χ1) is 7.91. The highest BCUT2D eigenvalue weighted by molar-refractivity contribution is 6.71. The van der Waals surface area contributed by atoms with Gasteiger partial charge in [-0.15, -0.1) is 0 Å². The molecule has 104 valence electrons. The van der Waals surface area contributed by atoms with Crippen LogP contribution in [0.3, 0.4) is 0 Å². The Balaban J connectivity index is 4.48. The highest BCUT2D eigenvalue weighted by atomic mass is 28.4. The molecule has 0 spiro atoms. The number of carbonyl (C=O) groups excluding carboxylic acids is 1. The van der Waals surface area contributed by atoms with Crippen molar-refractivity contribution in [1.29, 1.82) is 0 Å². The lowest BCUT2D eigenvalue weighted by Crippen LogP contribution is -2.44. The van der Waals surface area contributed by atoms with E-state index in [1.807, 2.05) is 0 Å². The second-order valence-electron chi connectivity index (χ2n) is 6.08. The van der Waals surface area contributed by atoms with Gasteiger partial charge >= 0.3 is 15.7 Å². The van der Waals surface area contributed by atoms with Gasteiger partial charge in [-0.2, -0.15) is 0 Å². The van der Waals surface area contributed by atoms with E-state index < -0.39 is 28.5 Å². The molecule has 0 aliphatic heterocycles. The van der Waals surface area contributed by atoms with Crippen molar-refractivity contribution in [3.05, 3.63) is 12.2 Å². The molecule has 2 radical (unpaired) electrons. The van der Waals surface area contributed by atoms with Gasteiger partial charge in [-0.1, -0.05) is 6.58 Å². The van der Waals surface area contributed by atoms with E-state index in [1.165, 1.54) is 0 Å². The first-order valence-corrected chi connectivity index (χ1v) is 13.7. The van der Waals surface area contributed by atoms with Gasteiger partial charge in [0.15, 0.2) is 22.5 Å². The first kappa shape index (κ1) is 17.8. The van der Waals surface area contributed by atoms with Crippen LogP contribution in [0.4, 0.5) is 0 Å². The molecule has 0 aromatic heterocycles. The summed E-state index contributed by atoms with van der Waals surface area (Å²) >= 11 is 0. The van der Waals surface area contributed by atoms with Crippen LogP contribution in [-0.4, -0.2) is 38.3 Å². The van der Waals surface area contributed by atoms with Crippen LogP contribution in [0, 0.1) is 0 Å². The highest BCUT2D eigenvalue weighted by Crippen LogP contribution is 2.14. The van der Waals surface area contributed by atoms with Crippen LogP contribution in [0.1, 0.15) is 6.92 Å². The molecular formula is C11H24O4Si3. The molecule has 0 fully saturated rings. The van der Waals surface area contributed by atoms with E-state index >= 15 is 0 Å². The predicted molar refractivity (Wildman–Crippen MR) is 79.3 cm³/mol. The van der Waals surface area contributed by atoms with Crippen LogP contribution in [0.15, 0.2) is 12.2 Å². The van der Waals surface area contributed by atoms with E-state index in [0.717, 1.165) is 0 Å². The average molecular weight is 305 g/mol. The summed E-state index contributed by atoms with van der Waals surface area (Å²) in [5.74, 6) is -0.830. The SMILES string of the molecule is C=C(C)C(=O)O[Si]C(O[Si](C)(C)C)O[Si](C)(C)C. The van der Waals surface area contributed by atoms with Crippen molar-refractivity contribution in [2.24, 2.45) is 0 Å². The van der Waals surface area contributed by atoms with Gasteiger partial charge in [0.05, 0.1) is 0 Å². The Bertz CT molecular complexity index is 288. The van der Waals surface area contributed by atoms with Crippen molar-refractivity contribution in [3.8, 4) is 0 Å². The molecule has 7 heteroatoms. The molecule has 0 unspecified atom stereocenters. The van der Waals surface area contributed by atoms with Gasteiger partial charge in [-0.05, 0) is 46.2 Å². The Morgan fingerprint density at radius 1 is 1.06 bits per heavy atom. The van der Waals surface area contributed by atoms with Crippen LogP contribution in [-0.2, 0) is 18.1 Å². The molecule has 0 saturated heterocycles. The van der Waals surface area contributed by atoms with E-state index in [9.17, 15) is 4.79 Å². The lowest BCUT2D eigenvalue weighted by molar-refractivity contribution is -0.131. The molecule has 0 aromatic carbocycles. The molecule has 0 aliphatic carbocycles. The van der Waals surface area contributed by atoms with Gasteiger partial charge in [-0.3, -0.25) is 0 Å². The van der Waals surface area contributed by atoms with E-state index in [4.69, 9.17) is 13.3 Å². The van der Waals surface area contributed by atoms with E-state index in [-0.39, 0.29) is 9.76 Å². The molecule has 0 rings (SSSR count). The minimum Gasteiger partial charge on any atom is -0.507 e. The zero-order valence-electron chi connectivity index (χ0n) is 12.4. The molecule has 0 N–H and O–H groups in total. The van der Waals surface area contributed by atoms with Gasteiger partial charge < -0.3 is 13.3 Å². The van der Waals surface area contributed by atoms with Gasteiger partial charge in [0, 0.05) is 5.57 Å². The largest absolute Gasteiger partial charge is 0.507 e. The zero-order chi connectivity index (χ0) is 14.6. The third kappa shape index (κ3) is 9.77. The second-order valence-corrected chi connectivity index (χ2v) is 15.9. The zero-order valence-corrected chi connectivity index (χ0v) is 15.4. The quantitative estimate of drug-likeness (QED) is 0.412. The van der Waals surface area contributed by atoms with Crippen molar-refractivity contribution >= 4 is 32.4 Å². The fourth-order valence-electron chi connectivity index (χ4n) is 0.903.